The summed E-state index contributed by atoms with van der Waals surface area (Å²) in [7, 11) is 0. The summed E-state index contributed by atoms with van der Waals surface area (Å²) in [6, 6.07) is 6.22. The van der Waals surface area contributed by atoms with E-state index in [4.69, 9.17) is 27.1 Å². The van der Waals surface area contributed by atoms with Crippen LogP contribution < -0.4 is 15.6 Å². The van der Waals surface area contributed by atoms with E-state index < -0.39 is 0 Å². The van der Waals surface area contributed by atoms with Gasteiger partial charge in [0.1, 0.15) is 10.8 Å². The molecule has 0 amide bonds. The van der Waals surface area contributed by atoms with Gasteiger partial charge in [0.05, 0.1) is 42.1 Å². The number of hydrazine groups is 1. The average Bonchev–Trinajstić information content (AvgIpc) is 3.51. The Morgan fingerprint density at radius 2 is 2.08 bits per heavy atom. The number of aliphatic hydroxyl groups is 1. The summed E-state index contributed by atoms with van der Waals surface area (Å²) in [5.41, 5.74) is 7.35. The van der Waals surface area contributed by atoms with Gasteiger partial charge in [-0.2, -0.15) is 0 Å². The number of rotatable bonds is 5. The first kappa shape index (κ1) is 25.3. The van der Waals surface area contributed by atoms with Gasteiger partial charge in [0, 0.05) is 43.0 Å². The highest BCUT2D eigenvalue weighted by molar-refractivity contribution is 7.99. The van der Waals surface area contributed by atoms with Crippen molar-refractivity contribution in [1.29, 1.82) is 0 Å². The van der Waals surface area contributed by atoms with Gasteiger partial charge in [-0.3, -0.25) is 5.01 Å². The Morgan fingerprint density at radius 3 is 2.84 bits per heavy atom. The first-order valence-corrected chi connectivity index (χ1v) is 14.3. The number of aliphatic hydroxyl groups excluding tert-OH is 1. The molecule has 198 valence electrons. The van der Waals surface area contributed by atoms with Gasteiger partial charge >= 0.3 is 0 Å². The van der Waals surface area contributed by atoms with E-state index in [0.717, 1.165) is 79.9 Å². The fourth-order valence-electron chi connectivity index (χ4n) is 6.07. The van der Waals surface area contributed by atoms with Gasteiger partial charge in [-0.15, -0.1) is 0 Å². The number of piperidine rings is 1. The lowest BCUT2D eigenvalue weighted by Gasteiger charge is -2.46. The maximum Gasteiger partial charge on any atom is 0.178 e. The van der Waals surface area contributed by atoms with Gasteiger partial charge in [0.15, 0.2) is 5.82 Å². The van der Waals surface area contributed by atoms with E-state index >= 15 is 0 Å². The Hall–Kier alpha value is -1.95. The number of ether oxygens (including phenoxy) is 1. The average molecular weight is 544 g/mol. The summed E-state index contributed by atoms with van der Waals surface area (Å²) in [6.07, 6.45) is 7.54. The second-order valence-electron chi connectivity index (χ2n) is 10.4. The number of anilines is 2. The van der Waals surface area contributed by atoms with Gasteiger partial charge in [-0.1, -0.05) is 30.3 Å². The van der Waals surface area contributed by atoms with Crippen LogP contribution >= 0.6 is 23.4 Å². The Balaban J connectivity index is 1.18. The smallest absolute Gasteiger partial charge is 0.178 e. The Labute approximate surface area is 227 Å². The van der Waals surface area contributed by atoms with Crippen molar-refractivity contribution in [3.05, 3.63) is 29.4 Å². The number of aliphatic imine (C=N–C) groups is 1. The fraction of sp³-hybridized carbons (Fsp3) is 0.577. The lowest BCUT2D eigenvalue weighted by Crippen LogP contribution is -2.58. The maximum absolute atomic E-state index is 9.74. The number of fused-ring (bicyclic) bond motifs is 1. The van der Waals surface area contributed by atoms with Crippen LogP contribution in [0.25, 0.3) is 0 Å². The summed E-state index contributed by atoms with van der Waals surface area (Å²) in [5, 5.41) is 15.8. The van der Waals surface area contributed by atoms with Crippen molar-refractivity contribution in [3.8, 4) is 0 Å². The number of hydrogen-bond donors (Lipinski definition) is 2. The molecule has 11 heteroatoms. The molecule has 4 aliphatic rings. The van der Waals surface area contributed by atoms with Gasteiger partial charge in [0.25, 0.3) is 0 Å². The van der Waals surface area contributed by atoms with Crippen LogP contribution in [0.15, 0.2) is 39.3 Å². The Morgan fingerprint density at radius 1 is 1.24 bits per heavy atom. The van der Waals surface area contributed by atoms with E-state index in [0.29, 0.717) is 16.8 Å². The van der Waals surface area contributed by atoms with Crippen LogP contribution in [-0.2, 0) is 4.74 Å². The predicted molar refractivity (Wildman–Crippen MR) is 147 cm³/mol. The number of hydrogen-bond acceptors (Lipinski definition) is 10. The maximum atomic E-state index is 9.74. The number of halogens is 1. The third-order valence-corrected chi connectivity index (χ3v) is 9.75. The molecule has 37 heavy (non-hydrogen) atoms. The zero-order chi connectivity index (χ0) is 25.6. The molecule has 3 saturated heterocycles. The van der Waals surface area contributed by atoms with Gasteiger partial charge in [-0.25, -0.2) is 20.0 Å². The molecule has 0 radical (unpaired) electrons. The molecule has 6 heterocycles. The molecule has 3 N–H and O–H groups in total. The molecule has 3 fully saturated rings. The minimum absolute atomic E-state index is 0.0662. The number of pyridine rings is 2. The summed E-state index contributed by atoms with van der Waals surface area (Å²) >= 11 is 8.31. The Kier molecular flexibility index (Phi) is 7.06. The van der Waals surface area contributed by atoms with E-state index in [1.807, 2.05) is 18.3 Å². The minimum Gasteiger partial charge on any atom is -0.394 e. The first-order valence-electron chi connectivity index (χ1n) is 13.1. The van der Waals surface area contributed by atoms with E-state index in [1.165, 1.54) is 11.8 Å². The molecule has 0 aromatic carbocycles. The van der Waals surface area contributed by atoms with Gasteiger partial charge < -0.3 is 20.5 Å². The number of nitrogens with zero attached hydrogens (tertiary/aromatic N) is 6. The quantitative estimate of drug-likeness (QED) is 0.586. The van der Waals surface area contributed by atoms with Gasteiger partial charge in [0.2, 0.25) is 0 Å². The minimum atomic E-state index is -0.184. The lowest BCUT2D eigenvalue weighted by atomic mass is 9.82. The highest BCUT2D eigenvalue weighted by atomic mass is 35.5. The standard InChI is InChI=1S/C26H34ClN7O2S/c1-17-16-36-26(23(17)28)7-12-32(13-8-26)34-14-10-29-24-19(34)4-5-21(31-24)37-20-6-9-30-25(22(20)27)33-11-2-3-18(33)15-35/h4-6,9-10,17-18,23,35H,2-3,7-8,11-16,28H2,1H3/t17-,18+,23+/m1/s1. The highest BCUT2D eigenvalue weighted by Gasteiger charge is 2.48. The first-order chi connectivity index (χ1) is 18.0. The van der Waals surface area contributed by atoms with Crippen LogP contribution in [0.2, 0.25) is 5.02 Å². The molecule has 0 aliphatic carbocycles. The largest absolute Gasteiger partial charge is 0.394 e. The van der Waals surface area contributed by atoms with Crippen molar-refractivity contribution >= 4 is 46.9 Å². The van der Waals surface area contributed by atoms with Crippen molar-refractivity contribution in [2.75, 3.05) is 49.3 Å². The molecule has 2 aromatic rings. The topological polar surface area (TPSA) is 103 Å². The zero-order valence-electron chi connectivity index (χ0n) is 21.1. The highest BCUT2D eigenvalue weighted by Crippen LogP contribution is 2.42. The number of nitrogens with two attached hydrogens (primary N) is 1. The summed E-state index contributed by atoms with van der Waals surface area (Å²) in [4.78, 5) is 17.0. The van der Waals surface area contributed by atoms with Crippen LogP contribution in [0, 0.1) is 5.92 Å². The van der Waals surface area contributed by atoms with E-state index in [1.54, 1.807) is 6.20 Å². The van der Waals surface area contributed by atoms with E-state index in [9.17, 15) is 5.11 Å². The van der Waals surface area contributed by atoms with Crippen LogP contribution in [0.3, 0.4) is 0 Å². The second-order valence-corrected chi connectivity index (χ2v) is 11.9. The van der Waals surface area contributed by atoms with Crippen molar-refractivity contribution in [1.82, 2.24) is 15.0 Å². The summed E-state index contributed by atoms with van der Waals surface area (Å²) in [6.45, 7) is 6.40. The molecular formula is C26H34ClN7O2S. The normalized spacial score (nSPS) is 27.3. The van der Waals surface area contributed by atoms with E-state index in [2.05, 4.69) is 37.9 Å². The third-order valence-electron chi connectivity index (χ3n) is 8.27. The zero-order valence-corrected chi connectivity index (χ0v) is 22.7. The second kappa shape index (κ2) is 10.3. The van der Waals surface area contributed by atoms with Crippen LogP contribution in [0.1, 0.15) is 32.6 Å². The molecule has 9 nitrogen and oxygen atoms in total. The molecule has 6 rings (SSSR count). The summed E-state index contributed by atoms with van der Waals surface area (Å²) < 4.78 is 6.20. The number of aromatic nitrogens is 2. The molecule has 2 aromatic heterocycles. The molecule has 1 spiro atoms. The SMILES string of the molecule is C[C@@H]1COC2(CCN(N3CC=Nc4nc(Sc5ccnc(N6CCC[C@H]6CO)c5Cl)ccc43)CC2)[C@H]1N. The monoisotopic (exact) mass is 543 g/mol. The fourth-order valence-corrected chi connectivity index (χ4v) is 7.21. The lowest BCUT2D eigenvalue weighted by molar-refractivity contribution is -0.0523. The van der Waals surface area contributed by atoms with Crippen molar-refractivity contribution in [3.63, 3.8) is 0 Å². The van der Waals surface area contributed by atoms with Gasteiger partial charge in [-0.05, 0) is 49.8 Å². The molecule has 0 bridgehead atoms. The molecule has 0 saturated carbocycles. The molecule has 4 aliphatic heterocycles. The molecule has 0 unspecified atom stereocenters. The summed E-state index contributed by atoms with van der Waals surface area (Å²) in [5.74, 6) is 1.85. The molecular weight excluding hydrogens is 510 g/mol. The van der Waals surface area contributed by atoms with Crippen molar-refractivity contribution < 1.29 is 9.84 Å². The van der Waals surface area contributed by atoms with Crippen LogP contribution in [0.5, 0.6) is 0 Å². The van der Waals surface area contributed by atoms with E-state index in [-0.39, 0.29) is 24.3 Å². The van der Waals surface area contributed by atoms with Crippen molar-refractivity contribution in [2.24, 2.45) is 16.6 Å². The van der Waals surface area contributed by atoms with Crippen molar-refractivity contribution in [2.45, 2.75) is 60.2 Å². The van der Waals surface area contributed by atoms with Crippen LogP contribution in [-0.4, -0.2) is 83.4 Å². The Bertz CT molecular complexity index is 1180. The predicted octanol–water partition coefficient (Wildman–Crippen LogP) is 3.51. The third kappa shape index (κ3) is 4.62. The molecule has 3 atom stereocenters. The van der Waals surface area contributed by atoms with Crippen LogP contribution in [0.4, 0.5) is 17.3 Å².